The van der Waals surface area contributed by atoms with Gasteiger partial charge in [-0.1, -0.05) is 30.7 Å². The van der Waals surface area contributed by atoms with Crippen LogP contribution in [0.15, 0.2) is 48.5 Å². The SMILES string of the molecule is Cc1ccc(C(=O)Nc2ccccc2)cc1NC(=O)C[C@@H]1CCC[C@H]1N. The average Bonchev–Trinajstić information content (AvgIpc) is 3.02. The number of para-hydroxylation sites is 1. The normalized spacial score (nSPS) is 19.2. The zero-order valence-corrected chi connectivity index (χ0v) is 15.0. The highest BCUT2D eigenvalue weighted by atomic mass is 16.2. The van der Waals surface area contributed by atoms with E-state index in [9.17, 15) is 9.59 Å². The Kier molecular flexibility index (Phi) is 5.68. The summed E-state index contributed by atoms with van der Waals surface area (Å²) in [6.07, 6.45) is 3.52. The summed E-state index contributed by atoms with van der Waals surface area (Å²) in [5.41, 5.74) is 8.89. The minimum atomic E-state index is -0.204. The highest BCUT2D eigenvalue weighted by Crippen LogP contribution is 2.27. The van der Waals surface area contributed by atoms with Gasteiger partial charge < -0.3 is 16.4 Å². The summed E-state index contributed by atoms with van der Waals surface area (Å²) in [6, 6.07) is 14.7. The second-order valence-corrected chi connectivity index (χ2v) is 6.96. The molecule has 1 fully saturated rings. The smallest absolute Gasteiger partial charge is 0.255 e. The van der Waals surface area contributed by atoms with Crippen LogP contribution >= 0.6 is 0 Å². The fourth-order valence-electron chi connectivity index (χ4n) is 3.38. The molecule has 0 heterocycles. The molecule has 3 rings (SSSR count). The lowest BCUT2D eigenvalue weighted by molar-refractivity contribution is -0.117. The molecule has 5 heteroatoms. The van der Waals surface area contributed by atoms with E-state index in [-0.39, 0.29) is 23.8 Å². The number of carbonyl (C=O) groups excluding carboxylic acids is 2. The zero-order chi connectivity index (χ0) is 18.5. The lowest BCUT2D eigenvalue weighted by atomic mass is 9.99. The van der Waals surface area contributed by atoms with Crippen LogP contribution in [0.4, 0.5) is 11.4 Å². The van der Waals surface area contributed by atoms with Crippen molar-refractivity contribution < 1.29 is 9.59 Å². The Morgan fingerprint density at radius 3 is 2.54 bits per heavy atom. The van der Waals surface area contributed by atoms with Crippen LogP contribution in [-0.2, 0) is 4.79 Å². The molecule has 0 unspecified atom stereocenters. The van der Waals surface area contributed by atoms with Crippen molar-refractivity contribution in [1.29, 1.82) is 0 Å². The summed E-state index contributed by atoms with van der Waals surface area (Å²) in [4.78, 5) is 24.8. The fraction of sp³-hybridized carbons (Fsp3) is 0.333. The van der Waals surface area contributed by atoms with E-state index in [2.05, 4.69) is 10.6 Å². The van der Waals surface area contributed by atoms with Gasteiger partial charge in [0.25, 0.3) is 5.91 Å². The van der Waals surface area contributed by atoms with Crippen molar-refractivity contribution in [2.45, 2.75) is 38.6 Å². The quantitative estimate of drug-likeness (QED) is 0.768. The lowest BCUT2D eigenvalue weighted by Gasteiger charge is -2.16. The van der Waals surface area contributed by atoms with Crippen molar-refractivity contribution in [3.05, 3.63) is 59.7 Å². The van der Waals surface area contributed by atoms with Gasteiger partial charge in [0.05, 0.1) is 0 Å². The third-order valence-electron chi connectivity index (χ3n) is 4.97. The Bertz CT molecular complexity index is 789. The molecule has 2 amide bonds. The Balaban J connectivity index is 1.67. The van der Waals surface area contributed by atoms with E-state index in [0.717, 1.165) is 30.5 Å². The van der Waals surface area contributed by atoms with Gasteiger partial charge in [-0.05, 0) is 55.5 Å². The molecule has 1 aliphatic rings. The van der Waals surface area contributed by atoms with Crippen molar-refractivity contribution >= 4 is 23.2 Å². The van der Waals surface area contributed by atoms with E-state index in [0.29, 0.717) is 17.7 Å². The number of hydrogen-bond donors (Lipinski definition) is 3. The third-order valence-corrected chi connectivity index (χ3v) is 4.97. The molecule has 26 heavy (non-hydrogen) atoms. The molecule has 2 aromatic rings. The van der Waals surface area contributed by atoms with Crippen molar-refractivity contribution in [3.8, 4) is 0 Å². The number of nitrogens with two attached hydrogens (primary N) is 1. The molecule has 5 nitrogen and oxygen atoms in total. The molecule has 0 saturated heterocycles. The number of nitrogens with one attached hydrogen (secondary N) is 2. The summed E-state index contributed by atoms with van der Waals surface area (Å²) in [6.45, 7) is 1.91. The highest BCUT2D eigenvalue weighted by Gasteiger charge is 2.26. The number of aryl methyl sites for hydroxylation is 1. The van der Waals surface area contributed by atoms with Crippen LogP contribution in [0.5, 0.6) is 0 Å². The van der Waals surface area contributed by atoms with E-state index in [4.69, 9.17) is 5.73 Å². The van der Waals surface area contributed by atoms with Crippen molar-refractivity contribution in [2.24, 2.45) is 11.7 Å². The molecule has 4 N–H and O–H groups in total. The van der Waals surface area contributed by atoms with Crippen LogP contribution in [0.1, 0.15) is 41.6 Å². The van der Waals surface area contributed by atoms with Crippen molar-refractivity contribution in [3.63, 3.8) is 0 Å². The molecule has 0 bridgehead atoms. The number of hydrogen-bond acceptors (Lipinski definition) is 3. The number of anilines is 2. The van der Waals surface area contributed by atoms with Crippen LogP contribution in [0.2, 0.25) is 0 Å². The maximum absolute atomic E-state index is 12.4. The van der Waals surface area contributed by atoms with E-state index >= 15 is 0 Å². The first kappa shape index (κ1) is 18.1. The monoisotopic (exact) mass is 351 g/mol. The van der Waals surface area contributed by atoms with E-state index in [1.165, 1.54) is 0 Å². The molecule has 0 radical (unpaired) electrons. The van der Waals surface area contributed by atoms with Crippen LogP contribution in [-0.4, -0.2) is 17.9 Å². The number of benzene rings is 2. The molecule has 136 valence electrons. The molecule has 0 spiro atoms. The van der Waals surface area contributed by atoms with Gasteiger partial charge in [0.2, 0.25) is 5.91 Å². The minimum absolute atomic E-state index is 0.0453. The highest BCUT2D eigenvalue weighted by molar-refractivity contribution is 6.05. The first-order valence-corrected chi connectivity index (χ1v) is 9.05. The van der Waals surface area contributed by atoms with Gasteiger partial charge in [-0.15, -0.1) is 0 Å². The van der Waals surface area contributed by atoms with Gasteiger partial charge in [0.15, 0.2) is 0 Å². The topological polar surface area (TPSA) is 84.2 Å². The maximum atomic E-state index is 12.4. The minimum Gasteiger partial charge on any atom is -0.327 e. The van der Waals surface area contributed by atoms with Gasteiger partial charge in [-0.2, -0.15) is 0 Å². The summed E-state index contributed by atoms with van der Waals surface area (Å²) in [7, 11) is 0. The van der Waals surface area contributed by atoms with Crippen LogP contribution < -0.4 is 16.4 Å². The Morgan fingerprint density at radius 2 is 1.85 bits per heavy atom. The molecular formula is C21H25N3O2. The Labute approximate surface area is 154 Å². The lowest BCUT2D eigenvalue weighted by Crippen LogP contribution is -2.28. The maximum Gasteiger partial charge on any atom is 0.255 e. The van der Waals surface area contributed by atoms with Gasteiger partial charge in [-0.25, -0.2) is 0 Å². The molecule has 0 aromatic heterocycles. The van der Waals surface area contributed by atoms with Gasteiger partial charge in [0.1, 0.15) is 0 Å². The standard InChI is InChI=1S/C21H25N3O2/c1-14-10-11-16(21(26)23-17-7-3-2-4-8-17)12-19(14)24-20(25)13-15-6-5-9-18(15)22/h2-4,7-8,10-12,15,18H,5-6,9,13,22H2,1H3,(H,23,26)(H,24,25)/t15-,18+/m0/s1. The van der Waals surface area contributed by atoms with E-state index in [1.807, 2.05) is 43.3 Å². The predicted molar refractivity (Wildman–Crippen MR) is 104 cm³/mol. The van der Waals surface area contributed by atoms with Gasteiger partial charge in [-0.3, -0.25) is 9.59 Å². The second kappa shape index (κ2) is 8.15. The van der Waals surface area contributed by atoms with E-state index in [1.54, 1.807) is 12.1 Å². The molecule has 2 aromatic carbocycles. The molecular weight excluding hydrogens is 326 g/mol. The summed E-state index contributed by atoms with van der Waals surface area (Å²) >= 11 is 0. The molecule has 1 saturated carbocycles. The third kappa shape index (κ3) is 4.49. The summed E-state index contributed by atoms with van der Waals surface area (Å²) in [5, 5.41) is 5.80. The molecule has 0 aliphatic heterocycles. The van der Waals surface area contributed by atoms with Crippen LogP contribution in [0, 0.1) is 12.8 Å². The van der Waals surface area contributed by atoms with Gasteiger partial charge in [0, 0.05) is 29.4 Å². The van der Waals surface area contributed by atoms with E-state index < -0.39 is 0 Å². The summed E-state index contributed by atoms with van der Waals surface area (Å²) in [5.74, 6) is 0.000416. The van der Waals surface area contributed by atoms with Crippen LogP contribution in [0.25, 0.3) is 0 Å². The Hall–Kier alpha value is -2.66. The average molecular weight is 351 g/mol. The largest absolute Gasteiger partial charge is 0.327 e. The second-order valence-electron chi connectivity index (χ2n) is 6.96. The first-order chi connectivity index (χ1) is 12.5. The van der Waals surface area contributed by atoms with Crippen molar-refractivity contribution in [2.75, 3.05) is 10.6 Å². The number of rotatable bonds is 5. The number of carbonyl (C=O) groups is 2. The van der Waals surface area contributed by atoms with Gasteiger partial charge >= 0.3 is 0 Å². The molecule has 2 atom stereocenters. The first-order valence-electron chi connectivity index (χ1n) is 9.05. The van der Waals surface area contributed by atoms with Crippen LogP contribution in [0.3, 0.4) is 0 Å². The zero-order valence-electron chi connectivity index (χ0n) is 15.0. The number of amides is 2. The molecule has 1 aliphatic carbocycles. The van der Waals surface area contributed by atoms with Crippen molar-refractivity contribution in [1.82, 2.24) is 0 Å². The summed E-state index contributed by atoms with van der Waals surface area (Å²) < 4.78 is 0. The fourth-order valence-corrected chi connectivity index (χ4v) is 3.38. The predicted octanol–water partition coefficient (Wildman–Crippen LogP) is 3.70. The Morgan fingerprint density at radius 1 is 1.08 bits per heavy atom.